The van der Waals surface area contributed by atoms with Crippen LogP contribution >= 0.6 is 0 Å². The third kappa shape index (κ3) is 5.50. The molecule has 7 heteroatoms. The van der Waals surface area contributed by atoms with Gasteiger partial charge >= 0.3 is 12.1 Å². The maximum absolute atomic E-state index is 13.1. The Labute approximate surface area is 206 Å². The Kier molecular flexibility index (Phi) is 7.73. The summed E-state index contributed by atoms with van der Waals surface area (Å²) in [6.07, 6.45) is 2.45. The van der Waals surface area contributed by atoms with Gasteiger partial charge < -0.3 is 20.1 Å². The van der Waals surface area contributed by atoms with Crippen LogP contribution in [0.2, 0.25) is 0 Å². The molecule has 1 heterocycles. The Hall–Kier alpha value is -3.35. The number of ether oxygens (including phenoxy) is 1. The Morgan fingerprint density at radius 2 is 1.63 bits per heavy atom. The zero-order valence-electron chi connectivity index (χ0n) is 20.4. The number of rotatable bonds is 7. The number of hydrogen-bond donors (Lipinski definition) is 2. The van der Waals surface area contributed by atoms with Crippen molar-refractivity contribution in [3.8, 4) is 11.1 Å². The molecule has 0 spiro atoms. The van der Waals surface area contributed by atoms with Crippen molar-refractivity contribution in [2.24, 2.45) is 5.92 Å². The fraction of sp³-hybridized carbons (Fsp3) is 0.464. The van der Waals surface area contributed by atoms with Gasteiger partial charge in [0.05, 0.1) is 0 Å². The van der Waals surface area contributed by atoms with Crippen molar-refractivity contribution < 1.29 is 24.2 Å². The molecule has 0 aromatic heterocycles. The molecular weight excluding hydrogens is 444 g/mol. The lowest BCUT2D eigenvalue weighted by Crippen LogP contribution is -2.48. The van der Waals surface area contributed by atoms with Gasteiger partial charge in [-0.3, -0.25) is 4.79 Å². The van der Waals surface area contributed by atoms with Crippen LogP contribution in [0.25, 0.3) is 11.1 Å². The number of hydrogen-bond acceptors (Lipinski definition) is 4. The van der Waals surface area contributed by atoms with E-state index in [1.807, 2.05) is 38.1 Å². The van der Waals surface area contributed by atoms with Crippen LogP contribution in [0.1, 0.15) is 63.0 Å². The lowest BCUT2D eigenvalue weighted by atomic mass is 9.98. The van der Waals surface area contributed by atoms with Gasteiger partial charge in [-0.15, -0.1) is 0 Å². The van der Waals surface area contributed by atoms with Crippen LogP contribution in [0.15, 0.2) is 48.5 Å². The summed E-state index contributed by atoms with van der Waals surface area (Å²) < 4.78 is 5.66. The van der Waals surface area contributed by atoms with Gasteiger partial charge in [-0.1, -0.05) is 75.2 Å². The van der Waals surface area contributed by atoms with Crippen LogP contribution in [0.3, 0.4) is 0 Å². The minimum absolute atomic E-state index is 0.0188. The second kappa shape index (κ2) is 10.9. The first kappa shape index (κ1) is 24.8. The second-order valence-corrected chi connectivity index (χ2v) is 9.82. The van der Waals surface area contributed by atoms with Crippen LogP contribution in [0, 0.1) is 5.92 Å². The largest absolute Gasteiger partial charge is 0.480 e. The fourth-order valence-electron chi connectivity index (χ4n) is 5.21. The topological polar surface area (TPSA) is 95.9 Å². The van der Waals surface area contributed by atoms with Crippen LogP contribution in [-0.4, -0.2) is 53.2 Å². The zero-order chi connectivity index (χ0) is 24.9. The summed E-state index contributed by atoms with van der Waals surface area (Å²) in [7, 11) is 0. The summed E-state index contributed by atoms with van der Waals surface area (Å²) in [5, 5.41) is 12.5. The Balaban J connectivity index is 1.39. The van der Waals surface area contributed by atoms with Gasteiger partial charge in [0, 0.05) is 24.9 Å². The SMILES string of the molecule is CC(C)C(CC(=O)N1CCCCCC1C(=O)O)NC(=O)OCC1c2ccccc2-c2ccccc21. The average molecular weight is 479 g/mol. The lowest BCUT2D eigenvalue weighted by molar-refractivity contribution is -0.150. The number of carboxylic acids is 1. The van der Waals surface area contributed by atoms with Crippen molar-refractivity contribution >= 4 is 18.0 Å². The number of alkyl carbamates (subject to hydrolysis) is 1. The van der Waals surface area contributed by atoms with Crippen molar-refractivity contribution in [3.05, 3.63) is 59.7 Å². The Bertz CT molecular complexity index is 1040. The highest BCUT2D eigenvalue weighted by Gasteiger charge is 2.33. The molecule has 0 radical (unpaired) electrons. The number of carbonyl (C=O) groups excluding carboxylic acids is 2. The van der Waals surface area contributed by atoms with Crippen molar-refractivity contribution in [2.45, 2.75) is 64.0 Å². The van der Waals surface area contributed by atoms with E-state index in [2.05, 4.69) is 29.6 Å². The van der Waals surface area contributed by atoms with E-state index < -0.39 is 24.1 Å². The second-order valence-electron chi connectivity index (χ2n) is 9.82. The quantitative estimate of drug-likeness (QED) is 0.596. The van der Waals surface area contributed by atoms with E-state index in [9.17, 15) is 19.5 Å². The molecule has 2 unspecified atom stereocenters. The molecule has 2 amide bonds. The van der Waals surface area contributed by atoms with Crippen molar-refractivity contribution in [2.75, 3.05) is 13.2 Å². The van der Waals surface area contributed by atoms with Gasteiger partial charge in [0.15, 0.2) is 0 Å². The van der Waals surface area contributed by atoms with Crippen LogP contribution in [0.4, 0.5) is 4.79 Å². The zero-order valence-corrected chi connectivity index (χ0v) is 20.4. The lowest BCUT2D eigenvalue weighted by Gasteiger charge is -2.30. The molecule has 1 fully saturated rings. The number of carbonyl (C=O) groups is 3. The first-order chi connectivity index (χ1) is 16.9. The van der Waals surface area contributed by atoms with Crippen LogP contribution in [-0.2, 0) is 14.3 Å². The summed E-state index contributed by atoms with van der Waals surface area (Å²) in [6, 6.07) is 15.1. The third-order valence-electron chi connectivity index (χ3n) is 7.20. The molecule has 7 nitrogen and oxygen atoms in total. The Morgan fingerprint density at radius 3 is 2.23 bits per heavy atom. The summed E-state index contributed by atoms with van der Waals surface area (Å²) >= 11 is 0. The van der Waals surface area contributed by atoms with E-state index in [0.29, 0.717) is 13.0 Å². The minimum Gasteiger partial charge on any atom is -0.480 e. The van der Waals surface area contributed by atoms with Gasteiger partial charge in [-0.2, -0.15) is 0 Å². The minimum atomic E-state index is -0.967. The van der Waals surface area contributed by atoms with Crippen LogP contribution < -0.4 is 5.32 Å². The molecule has 1 aliphatic carbocycles. The number of amides is 2. The summed E-state index contributed by atoms with van der Waals surface area (Å²) in [6.45, 7) is 4.50. The number of nitrogens with zero attached hydrogens (tertiary/aromatic N) is 1. The predicted molar refractivity (Wildman–Crippen MR) is 133 cm³/mol. The molecule has 2 aromatic rings. The third-order valence-corrected chi connectivity index (χ3v) is 7.20. The van der Waals surface area contributed by atoms with Crippen LogP contribution in [0.5, 0.6) is 0 Å². The molecule has 1 aliphatic heterocycles. The maximum atomic E-state index is 13.1. The molecule has 186 valence electrons. The number of nitrogens with one attached hydrogen (secondary N) is 1. The van der Waals surface area contributed by atoms with Gasteiger partial charge in [0.2, 0.25) is 5.91 Å². The number of fused-ring (bicyclic) bond motifs is 3. The van der Waals surface area contributed by atoms with E-state index in [4.69, 9.17) is 4.74 Å². The first-order valence-corrected chi connectivity index (χ1v) is 12.5. The number of aliphatic carboxylic acids is 1. The highest BCUT2D eigenvalue weighted by molar-refractivity contribution is 5.84. The monoisotopic (exact) mass is 478 g/mol. The molecule has 2 aliphatic rings. The molecule has 2 N–H and O–H groups in total. The Morgan fingerprint density at radius 1 is 1.00 bits per heavy atom. The standard InChI is InChI=1S/C28H34N2O5/c1-18(2)24(16-26(31)30-15-9-3-4-14-25(30)27(32)33)29-28(34)35-17-23-21-12-7-5-10-19(21)20-11-6-8-13-22(20)23/h5-8,10-13,18,23-25H,3-4,9,14-17H2,1-2H3,(H,29,34)(H,32,33). The van der Waals surface area contributed by atoms with E-state index in [-0.39, 0.29) is 30.8 Å². The predicted octanol–water partition coefficient (Wildman–Crippen LogP) is 4.80. The molecule has 0 saturated carbocycles. The molecule has 0 bridgehead atoms. The van der Waals surface area contributed by atoms with E-state index in [0.717, 1.165) is 41.5 Å². The average Bonchev–Trinajstić information content (AvgIpc) is 2.97. The molecule has 2 aromatic carbocycles. The van der Waals surface area contributed by atoms with Gasteiger partial charge in [-0.25, -0.2) is 9.59 Å². The van der Waals surface area contributed by atoms with Gasteiger partial charge in [0.1, 0.15) is 12.6 Å². The van der Waals surface area contributed by atoms with E-state index in [1.54, 1.807) is 0 Å². The number of carboxylic acid groups (broad SMARTS) is 1. The highest BCUT2D eigenvalue weighted by Crippen LogP contribution is 2.44. The van der Waals surface area contributed by atoms with E-state index in [1.165, 1.54) is 4.90 Å². The van der Waals surface area contributed by atoms with Gasteiger partial charge in [0.25, 0.3) is 0 Å². The fourth-order valence-corrected chi connectivity index (χ4v) is 5.21. The van der Waals surface area contributed by atoms with Crippen molar-refractivity contribution in [3.63, 3.8) is 0 Å². The van der Waals surface area contributed by atoms with E-state index >= 15 is 0 Å². The number of benzene rings is 2. The normalized spacial score (nSPS) is 18.4. The molecular formula is C28H34N2O5. The summed E-state index contributed by atoms with van der Waals surface area (Å²) in [5.74, 6) is -1.27. The molecule has 35 heavy (non-hydrogen) atoms. The number of likely N-dealkylation sites (tertiary alicyclic amines) is 1. The molecule has 4 rings (SSSR count). The molecule has 1 saturated heterocycles. The summed E-state index contributed by atoms with van der Waals surface area (Å²) in [4.78, 5) is 39.0. The highest BCUT2D eigenvalue weighted by atomic mass is 16.5. The smallest absolute Gasteiger partial charge is 0.407 e. The maximum Gasteiger partial charge on any atom is 0.407 e. The van der Waals surface area contributed by atoms with Crippen molar-refractivity contribution in [1.29, 1.82) is 0 Å². The van der Waals surface area contributed by atoms with Crippen molar-refractivity contribution in [1.82, 2.24) is 10.2 Å². The van der Waals surface area contributed by atoms with Gasteiger partial charge in [-0.05, 0) is 41.0 Å². The first-order valence-electron chi connectivity index (χ1n) is 12.5. The molecule has 2 atom stereocenters. The summed E-state index contributed by atoms with van der Waals surface area (Å²) in [5.41, 5.74) is 4.59.